The van der Waals surface area contributed by atoms with Crippen LogP contribution in [0, 0.1) is 5.92 Å². The minimum atomic E-state index is -4.19. The van der Waals surface area contributed by atoms with Crippen LogP contribution in [0.3, 0.4) is 0 Å². The molecule has 0 radical (unpaired) electrons. The lowest BCUT2D eigenvalue weighted by Crippen LogP contribution is -2.36. The van der Waals surface area contributed by atoms with Crippen molar-refractivity contribution in [1.29, 1.82) is 0 Å². The number of aromatic nitrogens is 1. The molecule has 1 aliphatic rings. The third-order valence-electron chi connectivity index (χ3n) is 7.27. The molecule has 0 atom stereocenters. The highest BCUT2D eigenvalue weighted by Gasteiger charge is 2.28. The molecule has 0 spiro atoms. The number of alkyl halides is 1. The Kier molecular flexibility index (Phi) is 8.27. The third-order valence-corrected chi connectivity index (χ3v) is 8.93. The van der Waals surface area contributed by atoms with Gasteiger partial charge in [0.25, 0.3) is 10.0 Å². The van der Waals surface area contributed by atoms with E-state index in [0.717, 1.165) is 42.7 Å². The summed E-state index contributed by atoms with van der Waals surface area (Å²) in [6.07, 6.45) is 1.54. The van der Waals surface area contributed by atoms with Crippen molar-refractivity contribution in [2.75, 3.05) is 49.9 Å². The Hall–Kier alpha value is -3.96. The number of piperidine rings is 1. The predicted octanol–water partition coefficient (Wildman–Crippen LogP) is 5.35. The summed E-state index contributed by atoms with van der Waals surface area (Å²) in [4.78, 5) is 14.1. The summed E-state index contributed by atoms with van der Waals surface area (Å²) >= 11 is 5.75. The van der Waals surface area contributed by atoms with Crippen LogP contribution >= 0.6 is 11.6 Å². The lowest BCUT2D eigenvalue weighted by molar-refractivity contribution is -0.120. The summed E-state index contributed by atoms with van der Waals surface area (Å²) in [7, 11) is 0.0639. The average Bonchev–Trinajstić information content (AvgIpc) is 3.41. The van der Waals surface area contributed by atoms with E-state index < -0.39 is 10.0 Å². The van der Waals surface area contributed by atoms with Gasteiger partial charge >= 0.3 is 0 Å². The van der Waals surface area contributed by atoms with Crippen molar-refractivity contribution in [3.05, 3.63) is 54.6 Å². The van der Waals surface area contributed by atoms with Crippen molar-refractivity contribution >= 4 is 49.9 Å². The first kappa shape index (κ1) is 28.6. The quantitative estimate of drug-likeness (QED) is 0.241. The highest BCUT2D eigenvalue weighted by atomic mass is 35.5. The first-order chi connectivity index (χ1) is 19.8. The molecule has 0 saturated carbocycles. The molecule has 41 heavy (non-hydrogen) atoms. The number of hydrogen-bond acceptors (Lipinski definition) is 9. The molecule has 0 aliphatic carbocycles. The number of carbonyl (C=O) groups is 1. The van der Waals surface area contributed by atoms with Crippen LogP contribution in [-0.2, 0) is 14.8 Å². The van der Waals surface area contributed by atoms with Gasteiger partial charge in [-0.1, -0.05) is 23.4 Å². The van der Waals surface area contributed by atoms with Gasteiger partial charge in [-0.15, -0.1) is 11.6 Å². The molecule has 1 fully saturated rings. The van der Waals surface area contributed by atoms with Gasteiger partial charge in [-0.3, -0.25) is 9.52 Å². The minimum absolute atomic E-state index is 0.0146. The number of carbonyl (C=O) groups excluding carboxylic acids is 1. The first-order valence-corrected chi connectivity index (χ1v) is 15.0. The number of hydrogen-bond donors (Lipinski definition) is 1. The highest BCUT2D eigenvalue weighted by molar-refractivity contribution is 7.93. The van der Waals surface area contributed by atoms with Gasteiger partial charge in [0, 0.05) is 24.7 Å². The highest BCUT2D eigenvalue weighted by Crippen LogP contribution is 2.40. The number of ketones is 1. The zero-order valence-corrected chi connectivity index (χ0v) is 24.4. The zero-order valence-electron chi connectivity index (χ0n) is 22.8. The van der Waals surface area contributed by atoms with Crippen LogP contribution in [-0.4, -0.2) is 59.7 Å². The van der Waals surface area contributed by atoms with Crippen molar-refractivity contribution in [3.63, 3.8) is 0 Å². The van der Waals surface area contributed by atoms with E-state index in [1.165, 1.54) is 33.5 Å². The molecule has 0 amide bonds. The predicted molar refractivity (Wildman–Crippen MR) is 157 cm³/mol. The fourth-order valence-electron chi connectivity index (χ4n) is 5.14. The molecule has 12 heteroatoms. The van der Waals surface area contributed by atoms with E-state index in [1.54, 1.807) is 12.1 Å². The van der Waals surface area contributed by atoms with Crippen molar-refractivity contribution in [3.8, 4) is 28.4 Å². The standard InChI is InChI=1S/C29H30ClN3O7S/c1-37-23-8-5-9-24(38-2)28(23)41(35,36)32-29-27-25(39-3)15-20(16-26(27)40-31-29)19-6-4-7-21(14-19)33-12-10-18(11-13-33)22(34)17-30/h4-9,14-16,18H,10-13,17H2,1-3H3,(H,31,32). The molecule has 10 nitrogen and oxygen atoms in total. The van der Waals surface area contributed by atoms with E-state index in [1.807, 2.05) is 24.3 Å². The largest absolute Gasteiger partial charge is 0.496 e. The number of nitrogens with zero attached hydrogens (tertiary/aromatic N) is 2. The molecule has 216 valence electrons. The number of anilines is 2. The summed E-state index contributed by atoms with van der Waals surface area (Å²) < 4.78 is 51.1. The molecule has 1 aliphatic heterocycles. The van der Waals surface area contributed by atoms with Crippen LogP contribution in [0.2, 0.25) is 0 Å². The van der Waals surface area contributed by atoms with Crippen molar-refractivity contribution in [1.82, 2.24) is 5.16 Å². The average molecular weight is 600 g/mol. The van der Waals surface area contributed by atoms with Crippen molar-refractivity contribution in [2.45, 2.75) is 17.7 Å². The lowest BCUT2D eigenvalue weighted by atomic mass is 9.93. The van der Waals surface area contributed by atoms with E-state index in [-0.39, 0.29) is 39.8 Å². The van der Waals surface area contributed by atoms with Gasteiger partial charge in [-0.25, -0.2) is 8.42 Å². The number of methoxy groups -OCH3 is 3. The molecule has 3 aromatic carbocycles. The lowest BCUT2D eigenvalue weighted by Gasteiger charge is -2.33. The van der Waals surface area contributed by atoms with Gasteiger partial charge < -0.3 is 23.6 Å². The maximum absolute atomic E-state index is 13.4. The van der Waals surface area contributed by atoms with Gasteiger partial charge in [0.05, 0.1) is 27.2 Å². The fraction of sp³-hybridized carbons (Fsp3) is 0.310. The number of rotatable bonds is 10. The van der Waals surface area contributed by atoms with Gasteiger partial charge in [0.1, 0.15) is 22.6 Å². The summed E-state index contributed by atoms with van der Waals surface area (Å²) in [5.41, 5.74) is 3.10. The molecular weight excluding hydrogens is 570 g/mol. The topological polar surface area (TPSA) is 120 Å². The molecule has 2 heterocycles. The van der Waals surface area contributed by atoms with Gasteiger partial charge in [-0.2, -0.15) is 0 Å². The normalized spacial score (nSPS) is 14.2. The molecule has 1 aromatic heterocycles. The van der Waals surface area contributed by atoms with E-state index in [0.29, 0.717) is 16.7 Å². The molecule has 5 rings (SSSR count). The van der Waals surface area contributed by atoms with Crippen molar-refractivity contribution in [2.24, 2.45) is 5.92 Å². The summed E-state index contributed by atoms with van der Waals surface area (Å²) in [5, 5.41) is 4.38. The smallest absolute Gasteiger partial charge is 0.270 e. The Balaban J connectivity index is 1.45. The van der Waals surface area contributed by atoms with Crippen LogP contribution in [0.15, 0.2) is 64.0 Å². The Morgan fingerprint density at radius 1 is 0.976 bits per heavy atom. The molecule has 4 aromatic rings. The number of Topliss-reactive ketones (excluding diaryl/α,β-unsaturated/α-hetero) is 1. The van der Waals surface area contributed by atoms with Gasteiger partial charge in [-0.05, 0) is 60.4 Å². The minimum Gasteiger partial charge on any atom is -0.496 e. The Bertz CT molecular complexity index is 1660. The summed E-state index contributed by atoms with van der Waals surface area (Å²) in [6, 6.07) is 16.3. The second kappa shape index (κ2) is 11.9. The van der Waals surface area contributed by atoms with E-state index in [4.69, 9.17) is 30.3 Å². The Morgan fingerprint density at radius 2 is 1.63 bits per heavy atom. The number of ether oxygens (including phenoxy) is 3. The van der Waals surface area contributed by atoms with E-state index in [2.05, 4.69) is 20.8 Å². The SMILES string of the molecule is COc1cccc(OC)c1S(=O)(=O)Nc1noc2cc(-c3cccc(N4CCC(C(=O)CCl)CC4)c3)cc(OC)c12. The second-order valence-electron chi connectivity index (χ2n) is 9.59. The number of nitrogens with one attached hydrogen (secondary N) is 1. The molecule has 0 unspecified atom stereocenters. The maximum Gasteiger partial charge on any atom is 0.270 e. The van der Waals surface area contributed by atoms with E-state index >= 15 is 0 Å². The fourth-order valence-corrected chi connectivity index (χ4v) is 6.69. The van der Waals surface area contributed by atoms with Crippen LogP contribution in [0.4, 0.5) is 11.5 Å². The van der Waals surface area contributed by atoms with Gasteiger partial charge in [0.15, 0.2) is 22.1 Å². The Morgan fingerprint density at radius 3 is 2.27 bits per heavy atom. The molecule has 0 bridgehead atoms. The second-order valence-corrected chi connectivity index (χ2v) is 11.5. The van der Waals surface area contributed by atoms with Gasteiger partial charge in [0.2, 0.25) is 0 Å². The number of sulfonamides is 1. The van der Waals surface area contributed by atoms with Crippen LogP contribution in [0.5, 0.6) is 17.2 Å². The van der Waals surface area contributed by atoms with Crippen molar-refractivity contribution < 1.29 is 31.9 Å². The molecule has 1 saturated heterocycles. The monoisotopic (exact) mass is 599 g/mol. The maximum atomic E-state index is 13.4. The van der Waals surface area contributed by atoms with Crippen LogP contribution in [0.1, 0.15) is 12.8 Å². The number of halogens is 1. The number of benzene rings is 3. The van der Waals surface area contributed by atoms with E-state index in [9.17, 15) is 13.2 Å². The first-order valence-electron chi connectivity index (χ1n) is 12.9. The zero-order chi connectivity index (χ0) is 29.1. The Labute approximate surface area is 243 Å². The molecular formula is C29H30ClN3O7S. The molecule has 1 N–H and O–H groups in total. The third kappa shape index (κ3) is 5.64. The summed E-state index contributed by atoms with van der Waals surface area (Å²) in [6.45, 7) is 1.53. The summed E-state index contributed by atoms with van der Waals surface area (Å²) in [5.74, 6) is 0.775. The number of fused-ring (bicyclic) bond motifs is 1. The van der Waals surface area contributed by atoms with Crippen LogP contribution < -0.4 is 23.8 Å². The van der Waals surface area contributed by atoms with Crippen LogP contribution in [0.25, 0.3) is 22.1 Å².